The minimum atomic E-state index is 0.521. The zero-order chi connectivity index (χ0) is 9.94. The Morgan fingerprint density at radius 3 is 2.77 bits per heavy atom. The Balaban J connectivity index is 3.40. The maximum Gasteiger partial charge on any atom is 0.0466 e. The maximum absolute atomic E-state index is 5.27. The standard InChI is InChI=1S/C11H21NO/c1-4-6-8-11(12-3)9-7-10-13-5-2/h11-12H,5,7-10H2,1-3H3. The summed E-state index contributed by atoms with van der Waals surface area (Å²) in [4.78, 5) is 0. The molecule has 0 aliphatic heterocycles. The highest BCUT2D eigenvalue weighted by Gasteiger charge is 2.02. The predicted molar refractivity (Wildman–Crippen MR) is 56.6 cm³/mol. The molecule has 0 saturated heterocycles. The Morgan fingerprint density at radius 1 is 1.46 bits per heavy atom. The van der Waals surface area contributed by atoms with E-state index in [0.717, 1.165) is 32.5 Å². The van der Waals surface area contributed by atoms with E-state index in [0.29, 0.717) is 6.04 Å². The van der Waals surface area contributed by atoms with Crippen molar-refractivity contribution in [3.63, 3.8) is 0 Å². The Bertz CT molecular complexity index is 157. The van der Waals surface area contributed by atoms with Gasteiger partial charge in [-0.1, -0.05) is 0 Å². The highest BCUT2D eigenvalue weighted by atomic mass is 16.5. The lowest BCUT2D eigenvalue weighted by atomic mass is 10.1. The van der Waals surface area contributed by atoms with Crippen LogP contribution in [0.2, 0.25) is 0 Å². The van der Waals surface area contributed by atoms with E-state index in [1.807, 2.05) is 20.9 Å². The van der Waals surface area contributed by atoms with Gasteiger partial charge in [0.05, 0.1) is 0 Å². The second kappa shape index (κ2) is 9.57. The first kappa shape index (κ1) is 12.5. The van der Waals surface area contributed by atoms with Crippen molar-refractivity contribution in [2.24, 2.45) is 0 Å². The van der Waals surface area contributed by atoms with Gasteiger partial charge in [0, 0.05) is 25.7 Å². The van der Waals surface area contributed by atoms with Gasteiger partial charge in [-0.3, -0.25) is 0 Å². The van der Waals surface area contributed by atoms with Crippen LogP contribution in [-0.2, 0) is 4.74 Å². The molecule has 0 amide bonds. The van der Waals surface area contributed by atoms with Crippen LogP contribution in [0.1, 0.15) is 33.1 Å². The summed E-state index contributed by atoms with van der Waals surface area (Å²) in [5.74, 6) is 6.00. The molecule has 0 aliphatic rings. The number of hydrogen-bond acceptors (Lipinski definition) is 2. The molecule has 0 aromatic carbocycles. The number of nitrogens with one attached hydrogen (secondary N) is 1. The SMILES string of the molecule is CC#CCC(CCCOCC)NC. The summed E-state index contributed by atoms with van der Waals surface area (Å²) >= 11 is 0. The molecule has 0 bridgehead atoms. The van der Waals surface area contributed by atoms with Gasteiger partial charge in [-0.15, -0.1) is 11.8 Å². The highest BCUT2D eigenvalue weighted by molar-refractivity contribution is 4.97. The summed E-state index contributed by atoms with van der Waals surface area (Å²) in [5, 5.41) is 3.26. The van der Waals surface area contributed by atoms with Gasteiger partial charge in [0.1, 0.15) is 0 Å². The average molecular weight is 183 g/mol. The second-order valence-corrected chi connectivity index (χ2v) is 2.96. The first-order chi connectivity index (χ1) is 6.35. The highest BCUT2D eigenvalue weighted by Crippen LogP contribution is 2.00. The average Bonchev–Trinajstić information content (AvgIpc) is 2.17. The van der Waals surface area contributed by atoms with Crippen molar-refractivity contribution < 1.29 is 4.74 Å². The van der Waals surface area contributed by atoms with E-state index in [4.69, 9.17) is 4.74 Å². The lowest BCUT2D eigenvalue weighted by Gasteiger charge is -2.12. The molecule has 2 heteroatoms. The van der Waals surface area contributed by atoms with E-state index in [1.165, 1.54) is 0 Å². The van der Waals surface area contributed by atoms with Crippen molar-refractivity contribution in [3.8, 4) is 11.8 Å². The molecule has 1 N–H and O–H groups in total. The molecular weight excluding hydrogens is 162 g/mol. The van der Waals surface area contributed by atoms with E-state index in [1.54, 1.807) is 0 Å². The van der Waals surface area contributed by atoms with E-state index in [-0.39, 0.29) is 0 Å². The molecule has 2 nitrogen and oxygen atoms in total. The molecule has 13 heavy (non-hydrogen) atoms. The second-order valence-electron chi connectivity index (χ2n) is 2.96. The van der Waals surface area contributed by atoms with Gasteiger partial charge in [0.2, 0.25) is 0 Å². The van der Waals surface area contributed by atoms with Crippen LogP contribution in [0.4, 0.5) is 0 Å². The Morgan fingerprint density at radius 2 is 2.23 bits per heavy atom. The summed E-state index contributed by atoms with van der Waals surface area (Å²) in [6.07, 6.45) is 3.20. The van der Waals surface area contributed by atoms with Gasteiger partial charge in [-0.05, 0) is 33.7 Å². The van der Waals surface area contributed by atoms with E-state index < -0.39 is 0 Å². The minimum Gasteiger partial charge on any atom is -0.382 e. The van der Waals surface area contributed by atoms with Crippen LogP contribution in [-0.4, -0.2) is 26.3 Å². The number of hydrogen-bond donors (Lipinski definition) is 1. The van der Waals surface area contributed by atoms with Crippen LogP contribution in [0.15, 0.2) is 0 Å². The number of rotatable bonds is 7. The van der Waals surface area contributed by atoms with Crippen LogP contribution in [0, 0.1) is 11.8 Å². The normalized spacial score (nSPS) is 11.9. The topological polar surface area (TPSA) is 21.3 Å². The molecule has 0 spiro atoms. The fourth-order valence-electron chi connectivity index (χ4n) is 1.15. The zero-order valence-corrected chi connectivity index (χ0v) is 9.02. The molecular formula is C11H21NO. The van der Waals surface area contributed by atoms with Crippen LogP contribution in [0.5, 0.6) is 0 Å². The largest absolute Gasteiger partial charge is 0.382 e. The van der Waals surface area contributed by atoms with Gasteiger partial charge in [0.25, 0.3) is 0 Å². The predicted octanol–water partition coefficient (Wildman–Crippen LogP) is 1.80. The van der Waals surface area contributed by atoms with Crippen molar-refractivity contribution in [2.45, 2.75) is 39.2 Å². The Kier molecular flexibility index (Phi) is 9.18. The van der Waals surface area contributed by atoms with Gasteiger partial charge in [0.15, 0.2) is 0 Å². The van der Waals surface area contributed by atoms with Crippen molar-refractivity contribution in [1.29, 1.82) is 0 Å². The van der Waals surface area contributed by atoms with Crippen molar-refractivity contribution in [3.05, 3.63) is 0 Å². The third kappa shape index (κ3) is 7.83. The molecule has 1 unspecified atom stereocenters. The smallest absolute Gasteiger partial charge is 0.0466 e. The third-order valence-corrected chi connectivity index (χ3v) is 1.98. The van der Waals surface area contributed by atoms with Crippen LogP contribution < -0.4 is 5.32 Å². The van der Waals surface area contributed by atoms with E-state index in [9.17, 15) is 0 Å². The summed E-state index contributed by atoms with van der Waals surface area (Å²) in [6.45, 7) is 5.60. The van der Waals surface area contributed by atoms with Crippen LogP contribution in [0.25, 0.3) is 0 Å². The fraction of sp³-hybridized carbons (Fsp3) is 0.818. The van der Waals surface area contributed by atoms with Gasteiger partial charge in [-0.2, -0.15) is 0 Å². The Labute approximate surface area is 82.1 Å². The lowest BCUT2D eigenvalue weighted by molar-refractivity contribution is 0.141. The molecule has 0 saturated carbocycles. The fourth-order valence-corrected chi connectivity index (χ4v) is 1.15. The van der Waals surface area contributed by atoms with Crippen molar-refractivity contribution >= 4 is 0 Å². The molecule has 0 radical (unpaired) electrons. The summed E-state index contributed by atoms with van der Waals surface area (Å²) in [5.41, 5.74) is 0. The summed E-state index contributed by atoms with van der Waals surface area (Å²) in [6, 6.07) is 0.521. The summed E-state index contributed by atoms with van der Waals surface area (Å²) in [7, 11) is 1.99. The minimum absolute atomic E-state index is 0.521. The lowest BCUT2D eigenvalue weighted by Crippen LogP contribution is -2.24. The van der Waals surface area contributed by atoms with Gasteiger partial charge in [-0.25, -0.2) is 0 Å². The van der Waals surface area contributed by atoms with E-state index >= 15 is 0 Å². The monoisotopic (exact) mass is 183 g/mol. The number of ether oxygens (including phenoxy) is 1. The molecule has 0 rings (SSSR count). The quantitative estimate of drug-likeness (QED) is 0.480. The molecule has 0 aliphatic carbocycles. The molecule has 0 aromatic rings. The molecule has 1 atom stereocenters. The Hall–Kier alpha value is -0.520. The van der Waals surface area contributed by atoms with Crippen molar-refractivity contribution in [1.82, 2.24) is 5.32 Å². The van der Waals surface area contributed by atoms with Crippen LogP contribution in [0.3, 0.4) is 0 Å². The van der Waals surface area contributed by atoms with Gasteiger partial charge < -0.3 is 10.1 Å². The van der Waals surface area contributed by atoms with Crippen molar-refractivity contribution in [2.75, 3.05) is 20.3 Å². The molecule has 0 aromatic heterocycles. The summed E-state index contributed by atoms with van der Waals surface area (Å²) < 4.78 is 5.27. The van der Waals surface area contributed by atoms with E-state index in [2.05, 4.69) is 17.2 Å². The van der Waals surface area contributed by atoms with Crippen LogP contribution >= 0.6 is 0 Å². The zero-order valence-electron chi connectivity index (χ0n) is 9.02. The molecule has 0 heterocycles. The van der Waals surface area contributed by atoms with Gasteiger partial charge >= 0.3 is 0 Å². The molecule has 0 fully saturated rings. The first-order valence-corrected chi connectivity index (χ1v) is 4.99. The third-order valence-electron chi connectivity index (χ3n) is 1.98. The first-order valence-electron chi connectivity index (χ1n) is 4.99. The molecule has 76 valence electrons. The maximum atomic E-state index is 5.27.